The van der Waals surface area contributed by atoms with E-state index in [4.69, 9.17) is 14.2 Å². The van der Waals surface area contributed by atoms with Gasteiger partial charge in [-0.25, -0.2) is 4.90 Å². The predicted octanol–water partition coefficient (Wildman–Crippen LogP) is 3.22. The van der Waals surface area contributed by atoms with Crippen molar-refractivity contribution in [3.05, 3.63) is 48.0 Å². The molecule has 1 saturated heterocycles. The van der Waals surface area contributed by atoms with Gasteiger partial charge in [-0.1, -0.05) is 13.0 Å². The van der Waals surface area contributed by atoms with E-state index in [0.29, 0.717) is 42.5 Å². The van der Waals surface area contributed by atoms with Crippen molar-refractivity contribution in [2.24, 2.45) is 0 Å². The molecule has 176 valence electrons. The molecule has 0 bridgehead atoms. The van der Waals surface area contributed by atoms with Crippen LogP contribution in [0.25, 0.3) is 0 Å². The van der Waals surface area contributed by atoms with Crippen LogP contribution < -0.4 is 19.1 Å². The average molecular weight is 455 g/mol. The Morgan fingerprint density at radius 1 is 1.03 bits per heavy atom. The van der Waals surface area contributed by atoms with Gasteiger partial charge in [-0.3, -0.25) is 14.4 Å². The van der Waals surface area contributed by atoms with Crippen molar-refractivity contribution < 1.29 is 28.6 Å². The summed E-state index contributed by atoms with van der Waals surface area (Å²) < 4.78 is 16.0. The summed E-state index contributed by atoms with van der Waals surface area (Å²) in [6.45, 7) is 4.46. The van der Waals surface area contributed by atoms with Crippen molar-refractivity contribution in [3.8, 4) is 17.2 Å². The molecule has 0 saturated carbocycles. The molecule has 33 heavy (non-hydrogen) atoms. The predicted molar refractivity (Wildman–Crippen MR) is 124 cm³/mol. The number of imide groups is 1. The third-order valence-corrected chi connectivity index (χ3v) is 5.62. The molecule has 1 aliphatic rings. The first kappa shape index (κ1) is 24.1. The Labute approximate surface area is 194 Å². The minimum Gasteiger partial charge on any atom is -0.494 e. The summed E-state index contributed by atoms with van der Waals surface area (Å²) >= 11 is 0. The molecule has 2 aromatic carbocycles. The summed E-state index contributed by atoms with van der Waals surface area (Å²) in [4.78, 5) is 41.4. The molecule has 1 aliphatic heterocycles. The topological polar surface area (TPSA) is 85.4 Å². The zero-order valence-electron chi connectivity index (χ0n) is 19.5. The Balaban J connectivity index is 1.78. The second kappa shape index (κ2) is 10.8. The fourth-order valence-corrected chi connectivity index (χ4v) is 3.93. The number of amides is 3. The van der Waals surface area contributed by atoms with E-state index in [2.05, 4.69) is 0 Å². The lowest BCUT2D eigenvalue weighted by Crippen LogP contribution is -2.46. The van der Waals surface area contributed by atoms with E-state index in [-0.39, 0.29) is 24.7 Å². The van der Waals surface area contributed by atoms with Crippen molar-refractivity contribution in [2.75, 3.05) is 32.3 Å². The smallest absolute Gasteiger partial charge is 0.257 e. The lowest BCUT2D eigenvalue weighted by atomic mass is 10.1. The Morgan fingerprint density at radius 3 is 2.33 bits per heavy atom. The van der Waals surface area contributed by atoms with Crippen LogP contribution in [-0.2, 0) is 20.8 Å². The molecule has 0 N–H and O–H groups in total. The molecule has 0 spiro atoms. The van der Waals surface area contributed by atoms with Gasteiger partial charge in [0.2, 0.25) is 11.8 Å². The summed E-state index contributed by atoms with van der Waals surface area (Å²) in [7, 11) is 3.13. The molecule has 1 atom stereocenters. The number of anilines is 1. The SMILES string of the molecule is CCOc1ccc(N2C(=O)C[C@@H](N(CCc3ccc(OC)c(OC)c3)C(=O)CC)C2=O)cc1. The van der Waals surface area contributed by atoms with Gasteiger partial charge in [0, 0.05) is 13.0 Å². The molecule has 2 aromatic rings. The number of ether oxygens (including phenoxy) is 3. The maximum atomic E-state index is 13.2. The van der Waals surface area contributed by atoms with Crippen molar-refractivity contribution in [2.45, 2.75) is 39.2 Å². The fraction of sp³-hybridized carbons (Fsp3) is 0.400. The van der Waals surface area contributed by atoms with Crippen molar-refractivity contribution >= 4 is 23.4 Å². The average Bonchev–Trinajstić information content (AvgIpc) is 3.13. The van der Waals surface area contributed by atoms with E-state index in [9.17, 15) is 14.4 Å². The van der Waals surface area contributed by atoms with Gasteiger partial charge in [-0.2, -0.15) is 0 Å². The second-order valence-electron chi connectivity index (χ2n) is 7.59. The minimum atomic E-state index is -0.823. The Hall–Kier alpha value is -3.55. The van der Waals surface area contributed by atoms with E-state index in [1.165, 1.54) is 4.90 Å². The lowest BCUT2D eigenvalue weighted by molar-refractivity contribution is -0.138. The number of nitrogens with zero attached hydrogens (tertiary/aromatic N) is 2. The molecule has 0 aromatic heterocycles. The number of hydrogen-bond donors (Lipinski definition) is 0. The molecular weight excluding hydrogens is 424 g/mol. The first-order chi connectivity index (χ1) is 15.9. The second-order valence-corrected chi connectivity index (χ2v) is 7.59. The maximum absolute atomic E-state index is 13.2. The number of carbonyl (C=O) groups is 3. The van der Waals surface area contributed by atoms with Crippen molar-refractivity contribution in [3.63, 3.8) is 0 Å². The highest BCUT2D eigenvalue weighted by atomic mass is 16.5. The van der Waals surface area contributed by atoms with E-state index >= 15 is 0 Å². The van der Waals surface area contributed by atoms with Gasteiger partial charge < -0.3 is 19.1 Å². The molecule has 0 radical (unpaired) electrons. The molecular formula is C25H30N2O6. The maximum Gasteiger partial charge on any atom is 0.257 e. The van der Waals surface area contributed by atoms with Crippen LogP contribution in [0.15, 0.2) is 42.5 Å². The van der Waals surface area contributed by atoms with E-state index in [1.807, 2.05) is 19.1 Å². The van der Waals surface area contributed by atoms with Crippen LogP contribution in [0.5, 0.6) is 17.2 Å². The Morgan fingerprint density at radius 2 is 1.73 bits per heavy atom. The summed E-state index contributed by atoms with van der Waals surface area (Å²) in [6, 6.07) is 11.5. The monoisotopic (exact) mass is 454 g/mol. The number of methoxy groups -OCH3 is 2. The highest BCUT2D eigenvalue weighted by Gasteiger charge is 2.43. The quantitative estimate of drug-likeness (QED) is 0.513. The van der Waals surface area contributed by atoms with Crippen LogP contribution in [0, 0.1) is 0 Å². The van der Waals surface area contributed by atoms with Crippen LogP contribution in [0.1, 0.15) is 32.3 Å². The van der Waals surface area contributed by atoms with Gasteiger partial charge in [-0.15, -0.1) is 0 Å². The third kappa shape index (κ3) is 5.27. The number of benzene rings is 2. The molecule has 1 fully saturated rings. The van der Waals surface area contributed by atoms with Gasteiger partial charge >= 0.3 is 0 Å². The van der Waals surface area contributed by atoms with Gasteiger partial charge in [0.15, 0.2) is 11.5 Å². The minimum absolute atomic E-state index is 0.0380. The summed E-state index contributed by atoms with van der Waals surface area (Å²) in [5, 5.41) is 0. The first-order valence-corrected chi connectivity index (χ1v) is 11.0. The summed E-state index contributed by atoms with van der Waals surface area (Å²) in [6.07, 6.45) is 0.712. The molecule has 0 aliphatic carbocycles. The standard InChI is InChI=1S/C25H30N2O6/c1-5-23(28)26(14-13-17-7-12-21(31-3)22(15-17)32-4)20-16-24(29)27(25(20)30)18-8-10-19(11-9-18)33-6-2/h7-12,15,20H,5-6,13-14,16H2,1-4H3/t20-/m1/s1. The van der Waals surface area contributed by atoms with Crippen LogP contribution >= 0.6 is 0 Å². The number of rotatable bonds is 10. The van der Waals surface area contributed by atoms with Crippen molar-refractivity contribution in [1.82, 2.24) is 4.90 Å². The molecule has 1 heterocycles. The summed E-state index contributed by atoms with van der Waals surface area (Å²) in [5.41, 5.74) is 1.40. The van der Waals surface area contributed by atoms with Crippen molar-refractivity contribution in [1.29, 1.82) is 0 Å². The summed E-state index contributed by atoms with van der Waals surface area (Å²) in [5.74, 6) is 0.986. The van der Waals surface area contributed by atoms with Crippen LogP contribution in [0.3, 0.4) is 0 Å². The third-order valence-electron chi connectivity index (χ3n) is 5.62. The van der Waals surface area contributed by atoms with Gasteiger partial charge in [0.25, 0.3) is 5.91 Å². The van der Waals surface area contributed by atoms with E-state index in [0.717, 1.165) is 10.5 Å². The Bertz CT molecular complexity index is 1000. The molecule has 8 nitrogen and oxygen atoms in total. The van der Waals surface area contributed by atoms with Crippen LogP contribution in [0.2, 0.25) is 0 Å². The molecule has 0 unspecified atom stereocenters. The van der Waals surface area contributed by atoms with Gasteiger partial charge in [0.05, 0.1) is 32.9 Å². The highest BCUT2D eigenvalue weighted by molar-refractivity contribution is 6.23. The van der Waals surface area contributed by atoms with Gasteiger partial charge in [0.1, 0.15) is 11.8 Å². The zero-order valence-corrected chi connectivity index (χ0v) is 19.5. The molecule has 3 amide bonds. The normalized spacial score (nSPS) is 15.5. The van der Waals surface area contributed by atoms with Crippen LogP contribution in [-0.4, -0.2) is 56.0 Å². The largest absolute Gasteiger partial charge is 0.494 e. The Kier molecular flexibility index (Phi) is 7.92. The lowest BCUT2D eigenvalue weighted by Gasteiger charge is -2.27. The van der Waals surface area contributed by atoms with E-state index in [1.54, 1.807) is 51.5 Å². The van der Waals surface area contributed by atoms with Crippen LogP contribution in [0.4, 0.5) is 5.69 Å². The number of hydrogen-bond acceptors (Lipinski definition) is 6. The molecule has 8 heteroatoms. The number of carbonyl (C=O) groups excluding carboxylic acids is 3. The van der Waals surface area contributed by atoms with E-state index < -0.39 is 11.9 Å². The zero-order chi connectivity index (χ0) is 24.0. The highest BCUT2D eigenvalue weighted by Crippen LogP contribution is 2.30. The first-order valence-electron chi connectivity index (χ1n) is 11.0. The fourth-order valence-electron chi connectivity index (χ4n) is 3.93. The van der Waals surface area contributed by atoms with Gasteiger partial charge in [-0.05, 0) is 55.3 Å². The molecule has 3 rings (SSSR count).